The molecule has 0 aromatic heterocycles. The highest BCUT2D eigenvalue weighted by Gasteiger charge is 2.75. The maximum atomic E-state index is 12.4. The molecule has 0 amide bonds. The fourth-order valence-electron chi connectivity index (χ4n) is 8.02. The molecule has 0 aromatic carbocycles. The molecule has 6 rings (SSSR count). The lowest BCUT2D eigenvalue weighted by Gasteiger charge is -2.71. The van der Waals surface area contributed by atoms with Gasteiger partial charge in [0.1, 0.15) is 5.60 Å². The van der Waals surface area contributed by atoms with E-state index in [4.69, 9.17) is 18.3 Å². The molecule has 0 radical (unpaired) electrons. The predicted octanol–water partition coefficient (Wildman–Crippen LogP) is 7.73. The van der Waals surface area contributed by atoms with Crippen molar-refractivity contribution < 1.29 is 23.4 Å². The summed E-state index contributed by atoms with van der Waals surface area (Å²) in [7, 11) is -2.33. The minimum Gasteiger partial charge on any atom is -0.416 e. The first kappa shape index (κ1) is 30.2. The number of ether oxygens (including phenoxy) is 2. The molecule has 4 bridgehead atoms. The molecular formula is C32H56O5Si2. The van der Waals surface area contributed by atoms with E-state index in [1.54, 1.807) is 7.11 Å². The summed E-state index contributed by atoms with van der Waals surface area (Å²) in [6.07, 6.45) is 9.50. The van der Waals surface area contributed by atoms with Gasteiger partial charge in [-0.2, -0.15) is 0 Å². The normalized spacial score (nSPS) is 42.1. The summed E-state index contributed by atoms with van der Waals surface area (Å²) in [4.78, 5) is 0. The fourth-order valence-corrected chi connectivity index (χ4v) is 10.5. The molecule has 5 nitrogen and oxygen atoms in total. The lowest BCUT2D eigenvalue weighted by atomic mass is 9.44. The molecule has 1 spiro atoms. The molecule has 2 aliphatic heterocycles. The van der Waals surface area contributed by atoms with Crippen molar-refractivity contribution in [2.45, 2.75) is 147 Å². The van der Waals surface area contributed by atoms with Gasteiger partial charge in [0.25, 0.3) is 0 Å². The molecule has 222 valence electrons. The minimum absolute atomic E-state index is 0.00578. The van der Waals surface area contributed by atoms with Crippen LogP contribution in [-0.2, 0) is 18.3 Å². The Morgan fingerprint density at radius 1 is 0.923 bits per heavy atom. The third-order valence-electron chi connectivity index (χ3n) is 12.8. The Morgan fingerprint density at radius 2 is 1.54 bits per heavy atom. The average molecular weight is 577 g/mol. The van der Waals surface area contributed by atoms with Crippen molar-refractivity contribution in [3.05, 3.63) is 23.3 Å². The summed E-state index contributed by atoms with van der Waals surface area (Å²) in [6, 6.07) is 0. The van der Waals surface area contributed by atoms with Gasteiger partial charge in [0.2, 0.25) is 0 Å². The van der Waals surface area contributed by atoms with Crippen molar-refractivity contribution in [3.63, 3.8) is 0 Å². The maximum Gasteiger partial charge on any atom is 0.192 e. The van der Waals surface area contributed by atoms with Crippen LogP contribution in [0.25, 0.3) is 0 Å². The number of methoxy groups -OCH3 is 1. The number of fused-ring (bicyclic) bond motifs is 3. The zero-order chi connectivity index (χ0) is 29.1. The van der Waals surface area contributed by atoms with Gasteiger partial charge >= 0.3 is 0 Å². The van der Waals surface area contributed by atoms with Gasteiger partial charge in [0.15, 0.2) is 22.4 Å². The van der Waals surface area contributed by atoms with Gasteiger partial charge in [0.05, 0.1) is 12.2 Å². The second kappa shape index (κ2) is 8.87. The first-order valence-corrected chi connectivity index (χ1v) is 21.2. The molecule has 0 aromatic rings. The Hall–Kier alpha value is -0.286. The lowest BCUT2D eigenvalue weighted by molar-refractivity contribution is -0.398. The number of aliphatic hydroxyl groups is 1. The second-order valence-electron chi connectivity index (χ2n) is 16.8. The number of hydrogen-bond donors (Lipinski definition) is 1. The van der Waals surface area contributed by atoms with E-state index < -0.39 is 34.1 Å². The SMILES string of the molecule is COC12CC[C@@]3(C)[C@H](CC=C4C5=CC[C@@H](O[Si](C)(C)C(C)(C)C)[C@@]5(CO[Si](C)(C)C(C)(C)C)C[C@@H](O)[C@@]43O1)C2. The summed E-state index contributed by atoms with van der Waals surface area (Å²) in [5, 5.41) is 12.7. The molecule has 7 heteroatoms. The van der Waals surface area contributed by atoms with Crippen LogP contribution in [0, 0.1) is 16.7 Å². The molecule has 39 heavy (non-hydrogen) atoms. The van der Waals surface area contributed by atoms with Crippen LogP contribution in [-0.4, -0.2) is 59.1 Å². The fraction of sp³-hybridized carbons (Fsp3) is 0.875. The van der Waals surface area contributed by atoms with Gasteiger partial charge in [-0.3, -0.25) is 0 Å². The number of rotatable bonds is 6. The number of hydrogen-bond acceptors (Lipinski definition) is 5. The van der Waals surface area contributed by atoms with Crippen molar-refractivity contribution in [1.82, 2.24) is 0 Å². The Bertz CT molecular complexity index is 1070. The summed E-state index contributed by atoms with van der Waals surface area (Å²) < 4.78 is 27.5. The van der Waals surface area contributed by atoms with E-state index in [1.165, 1.54) is 11.1 Å². The highest BCUT2D eigenvalue weighted by molar-refractivity contribution is 6.74. The van der Waals surface area contributed by atoms with Gasteiger partial charge in [-0.25, -0.2) is 0 Å². The first-order valence-electron chi connectivity index (χ1n) is 15.4. The number of aliphatic hydroxyl groups excluding tert-OH is 1. The van der Waals surface area contributed by atoms with E-state index in [9.17, 15) is 5.11 Å². The van der Waals surface area contributed by atoms with E-state index in [0.29, 0.717) is 18.9 Å². The molecule has 2 saturated carbocycles. The summed E-state index contributed by atoms with van der Waals surface area (Å²) in [6.45, 7) is 26.2. The van der Waals surface area contributed by atoms with Gasteiger partial charge in [0, 0.05) is 37.4 Å². The van der Waals surface area contributed by atoms with Crippen LogP contribution >= 0.6 is 0 Å². The Labute approximate surface area is 240 Å². The zero-order valence-corrected chi connectivity index (χ0v) is 28.9. The van der Waals surface area contributed by atoms with Crippen LogP contribution < -0.4 is 0 Å². The van der Waals surface area contributed by atoms with Gasteiger partial charge in [-0.05, 0) is 79.0 Å². The largest absolute Gasteiger partial charge is 0.416 e. The van der Waals surface area contributed by atoms with Gasteiger partial charge in [-0.1, -0.05) is 60.6 Å². The monoisotopic (exact) mass is 576 g/mol. The average Bonchev–Trinajstić information content (AvgIpc) is 3.13. The van der Waals surface area contributed by atoms with Gasteiger partial charge < -0.3 is 23.4 Å². The zero-order valence-electron chi connectivity index (χ0n) is 26.9. The van der Waals surface area contributed by atoms with Crippen LogP contribution in [0.4, 0.5) is 0 Å². The van der Waals surface area contributed by atoms with Crippen LogP contribution in [0.2, 0.25) is 36.3 Å². The third-order valence-corrected chi connectivity index (χ3v) is 21.8. The molecule has 1 N–H and O–H groups in total. The van der Waals surface area contributed by atoms with Crippen molar-refractivity contribution in [2.75, 3.05) is 13.7 Å². The van der Waals surface area contributed by atoms with Gasteiger partial charge in [-0.15, -0.1) is 0 Å². The van der Waals surface area contributed by atoms with E-state index in [2.05, 4.69) is 86.8 Å². The molecule has 1 unspecified atom stereocenters. The van der Waals surface area contributed by atoms with Crippen LogP contribution in [0.1, 0.15) is 87.0 Å². The summed E-state index contributed by atoms with van der Waals surface area (Å²) in [5.41, 5.74) is 1.31. The van der Waals surface area contributed by atoms with E-state index in [0.717, 1.165) is 32.1 Å². The van der Waals surface area contributed by atoms with Crippen LogP contribution in [0.5, 0.6) is 0 Å². The topological polar surface area (TPSA) is 57.2 Å². The molecule has 4 fully saturated rings. The van der Waals surface area contributed by atoms with E-state index >= 15 is 0 Å². The molecular weight excluding hydrogens is 521 g/mol. The van der Waals surface area contributed by atoms with Crippen molar-refractivity contribution in [1.29, 1.82) is 0 Å². The molecule has 2 saturated heterocycles. The Kier molecular flexibility index (Phi) is 6.86. The highest BCUT2D eigenvalue weighted by Crippen LogP contribution is 2.72. The van der Waals surface area contributed by atoms with Crippen molar-refractivity contribution in [3.8, 4) is 0 Å². The second-order valence-corrected chi connectivity index (χ2v) is 26.3. The Balaban J connectivity index is 1.60. The molecule has 6 aliphatic rings. The maximum absolute atomic E-state index is 12.4. The number of allylic oxidation sites excluding steroid dienone is 1. The van der Waals surface area contributed by atoms with E-state index in [1.807, 2.05) is 0 Å². The summed E-state index contributed by atoms with van der Waals surface area (Å²) in [5.74, 6) is -0.146. The highest BCUT2D eigenvalue weighted by atomic mass is 28.4. The minimum atomic E-state index is -2.07. The van der Waals surface area contributed by atoms with E-state index in [-0.39, 0.29) is 27.0 Å². The first-order chi connectivity index (χ1) is 17.7. The quantitative estimate of drug-likeness (QED) is 0.328. The molecule has 4 aliphatic carbocycles. The molecule has 7 atom stereocenters. The Morgan fingerprint density at radius 3 is 2.13 bits per heavy atom. The third kappa shape index (κ3) is 4.07. The lowest BCUT2D eigenvalue weighted by Crippen LogP contribution is -2.76. The van der Waals surface area contributed by atoms with Crippen LogP contribution in [0.3, 0.4) is 0 Å². The molecule has 2 heterocycles. The summed E-state index contributed by atoms with van der Waals surface area (Å²) >= 11 is 0. The van der Waals surface area contributed by atoms with Crippen molar-refractivity contribution >= 4 is 16.6 Å². The van der Waals surface area contributed by atoms with Crippen molar-refractivity contribution in [2.24, 2.45) is 16.7 Å². The van der Waals surface area contributed by atoms with Crippen LogP contribution in [0.15, 0.2) is 23.3 Å². The smallest absolute Gasteiger partial charge is 0.192 e. The predicted molar refractivity (Wildman–Crippen MR) is 163 cm³/mol. The standard InChI is InChI=1S/C32H56O5Si2/c1-27(2,3)38(9,10)35-21-30-20-25(33)32-24(23(30)15-16-26(30)36-39(11,12)28(4,5)6)14-13-22-19-31(34-8,37-32)18-17-29(22,32)7/h14-15,22,25-26,33H,13,16-21H2,1-12H3/t22-,25-,26-,29+,30-,31?,32+/m1/s1.